The lowest BCUT2D eigenvalue weighted by atomic mass is 9.47. The molecule has 24 nitrogen and oxygen atoms in total. The number of hydrogen-bond acceptors (Lipinski definition) is 24. The van der Waals surface area contributed by atoms with Crippen LogP contribution in [0.2, 0.25) is 0 Å². The van der Waals surface area contributed by atoms with Crippen LogP contribution in [0, 0.1) is 46.3 Å². The molecule has 0 amide bonds. The highest BCUT2D eigenvalue weighted by atomic mass is 16.8. The van der Waals surface area contributed by atoms with Crippen molar-refractivity contribution in [1.29, 1.82) is 0 Å². The second-order valence-corrected chi connectivity index (χ2v) is 23.8. The third kappa shape index (κ3) is 10.6. The first-order valence-electron chi connectivity index (χ1n) is 27.1. The minimum absolute atomic E-state index is 0.0569. The molecule has 0 bridgehead atoms. The Bertz CT molecular complexity index is 1930. The van der Waals surface area contributed by atoms with Crippen molar-refractivity contribution in [3.8, 4) is 0 Å². The van der Waals surface area contributed by atoms with Crippen LogP contribution in [0.4, 0.5) is 0 Å². The summed E-state index contributed by atoms with van der Waals surface area (Å²) in [5, 5.41) is 159. The SMILES string of the molecule is CC(CCC1(O)OC2CC3C4CC=C5CC(OC6OC(CO)C(OC7OC(CO)C(O)C(O)C7OC7OC(CO)C(O)C(O)C7O)C(O)C6O)CCC5(C)C4CCC3(C)C2C1C)COC1OC(CO)C(O)C(O)C1O. The number of aliphatic hydroxyl groups excluding tert-OH is 14. The highest BCUT2D eigenvalue weighted by molar-refractivity contribution is 5.26. The first-order chi connectivity index (χ1) is 35.5. The van der Waals surface area contributed by atoms with Gasteiger partial charge in [0.25, 0.3) is 0 Å². The van der Waals surface area contributed by atoms with Crippen molar-refractivity contribution in [1.82, 2.24) is 0 Å². The Balaban J connectivity index is 0.798. The van der Waals surface area contributed by atoms with Gasteiger partial charge in [-0.25, -0.2) is 0 Å². The van der Waals surface area contributed by atoms with E-state index in [1.807, 2.05) is 6.92 Å². The van der Waals surface area contributed by atoms with Crippen molar-refractivity contribution in [2.75, 3.05) is 33.0 Å². The fourth-order valence-electron chi connectivity index (χ4n) is 15.0. The van der Waals surface area contributed by atoms with Gasteiger partial charge in [0.2, 0.25) is 0 Å². The lowest BCUT2D eigenvalue weighted by Gasteiger charge is -2.58. The van der Waals surface area contributed by atoms with Crippen LogP contribution in [0.1, 0.15) is 85.5 Å². The van der Waals surface area contributed by atoms with Crippen LogP contribution >= 0.6 is 0 Å². The van der Waals surface area contributed by atoms with Crippen LogP contribution in [0.15, 0.2) is 11.6 Å². The van der Waals surface area contributed by atoms with E-state index in [9.17, 15) is 76.6 Å². The van der Waals surface area contributed by atoms with Crippen molar-refractivity contribution in [3.63, 3.8) is 0 Å². The molecular formula is C51H84O24. The van der Waals surface area contributed by atoms with Crippen LogP contribution in [-0.4, -0.2) is 250 Å². The van der Waals surface area contributed by atoms with Gasteiger partial charge in [0.1, 0.15) is 97.7 Å². The third-order valence-corrected chi connectivity index (χ3v) is 19.5. The zero-order chi connectivity index (χ0) is 54.2. The molecule has 5 saturated heterocycles. The van der Waals surface area contributed by atoms with Gasteiger partial charge in [0.05, 0.1) is 45.2 Å². The summed E-state index contributed by atoms with van der Waals surface area (Å²) in [7, 11) is 0. The number of fused-ring (bicyclic) bond motifs is 7. The molecule has 9 aliphatic rings. The van der Waals surface area contributed by atoms with Gasteiger partial charge < -0.3 is 119 Å². The predicted molar refractivity (Wildman–Crippen MR) is 252 cm³/mol. The van der Waals surface area contributed by atoms with E-state index in [0.717, 1.165) is 32.1 Å². The van der Waals surface area contributed by atoms with Crippen LogP contribution in [0.25, 0.3) is 0 Å². The fourth-order valence-corrected chi connectivity index (χ4v) is 15.0. The number of allylic oxidation sites excluding steroid dienone is 1. The summed E-state index contributed by atoms with van der Waals surface area (Å²) in [6.45, 7) is 6.02. The zero-order valence-corrected chi connectivity index (χ0v) is 43.0. The molecular weight excluding hydrogens is 997 g/mol. The topological polar surface area (TPSA) is 387 Å². The molecule has 4 aliphatic carbocycles. The summed E-state index contributed by atoms with van der Waals surface area (Å²) >= 11 is 0. The second-order valence-electron chi connectivity index (χ2n) is 23.8. The van der Waals surface area contributed by atoms with Crippen LogP contribution in [0.3, 0.4) is 0 Å². The monoisotopic (exact) mass is 1080 g/mol. The minimum atomic E-state index is -1.92. The average molecular weight is 1080 g/mol. The Morgan fingerprint density at radius 2 is 1.15 bits per heavy atom. The number of hydrogen-bond donors (Lipinski definition) is 15. The summed E-state index contributed by atoms with van der Waals surface area (Å²) in [5.74, 6) is -0.225. The van der Waals surface area contributed by atoms with E-state index in [0.29, 0.717) is 43.4 Å². The van der Waals surface area contributed by atoms with Crippen LogP contribution in [-0.2, 0) is 42.6 Å². The molecule has 15 N–H and O–H groups in total. The Labute approximate surface area is 435 Å². The first kappa shape index (κ1) is 58.4. The summed E-state index contributed by atoms with van der Waals surface area (Å²) in [6.07, 6.45) is -23.7. The summed E-state index contributed by atoms with van der Waals surface area (Å²) in [6, 6.07) is 0. The lowest BCUT2D eigenvalue weighted by Crippen LogP contribution is -2.67. The van der Waals surface area contributed by atoms with Gasteiger partial charge in [0, 0.05) is 12.3 Å². The highest BCUT2D eigenvalue weighted by Crippen LogP contribution is 2.70. The Kier molecular flexibility index (Phi) is 17.9. The van der Waals surface area contributed by atoms with E-state index in [2.05, 4.69) is 26.8 Å². The molecule has 75 heavy (non-hydrogen) atoms. The average Bonchev–Trinajstić information content (AvgIpc) is 3.83. The summed E-state index contributed by atoms with van der Waals surface area (Å²) in [4.78, 5) is 0. The molecule has 5 aliphatic heterocycles. The van der Waals surface area contributed by atoms with Crippen molar-refractivity contribution in [2.24, 2.45) is 46.3 Å². The Morgan fingerprint density at radius 1 is 0.613 bits per heavy atom. The van der Waals surface area contributed by atoms with E-state index in [1.165, 1.54) is 5.57 Å². The molecule has 5 heterocycles. The molecule has 31 atom stereocenters. The molecule has 24 heteroatoms. The van der Waals surface area contributed by atoms with Gasteiger partial charge in [-0.15, -0.1) is 0 Å². The van der Waals surface area contributed by atoms with Gasteiger partial charge in [-0.05, 0) is 91.8 Å². The maximum absolute atomic E-state index is 12.1. The van der Waals surface area contributed by atoms with Gasteiger partial charge in [0.15, 0.2) is 30.9 Å². The van der Waals surface area contributed by atoms with E-state index in [1.54, 1.807) is 0 Å². The minimum Gasteiger partial charge on any atom is -0.394 e. The van der Waals surface area contributed by atoms with Gasteiger partial charge in [-0.3, -0.25) is 0 Å². The predicted octanol–water partition coefficient (Wildman–Crippen LogP) is -4.03. The van der Waals surface area contributed by atoms with E-state index in [-0.39, 0.29) is 41.3 Å². The first-order valence-corrected chi connectivity index (χ1v) is 27.1. The van der Waals surface area contributed by atoms with Crippen molar-refractivity contribution in [2.45, 2.75) is 226 Å². The standard InChI is InChI=1S/C51H84O24/c1-20(19-67-45-40(63)36(59)33(56)28(15-52)69-45)7-12-51(66)21(2)32-27(75-51)14-26-24-6-5-22-13-23(8-10-49(22,3)25(24)9-11-50(26,32)4)68-46-42(65)39(62)43(31(18-55)72-46)73-48-44(38(61)35(58)30(17-54)71-48)74-47-41(64)37(60)34(57)29(16-53)70-47/h5,20-21,23-48,52-66H,6-19H2,1-4H3. The van der Waals surface area contributed by atoms with E-state index >= 15 is 0 Å². The molecule has 3 saturated carbocycles. The van der Waals surface area contributed by atoms with Crippen LogP contribution in [0.5, 0.6) is 0 Å². The second kappa shape index (κ2) is 23.0. The van der Waals surface area contributed by atoms with E-state index in [4.69, 9.17) is 42.6 Å². The van der Waals surface area contributed by atoms with Gasteiger partial charge >= 0.3 is 0 Å². The molecule has 0 spiro atoms. The van der Waals surface area contributed by atoms with Crippen molar-refractivity contribution < 1.29 is 119 Å². The molecule has 9 rings (SSSR count). The third-order valence-electron chi connectivity index (χ3n) is 19.5. The Morgan fingerprint density at radius 3 is 1.79 bits per heavy atom. The maximum atomic E-state index is 12.1. The number of aliphatic hydroxyl groups is 15. The molecule has 0 radical (unpaired) electrons. The molecule has 8 fully saturated rings. The zero-order valence-electron chi connectivity index (χ0n) is 43.0. The highest BCUT2D eigenvalue weighted by Gasteiger charge is 2.68. The van der Waals surface area contributed by atoms with Crippen molar-refractivity contribution in [3.05, 3.63) is 11.6 Å². The lowest BCUT2D eigenvalue weighted by molar-refractivity contribution is -0.390. The molecule has 432 valence electrons. The molecule has 0 aromatic heterocycles. The molecule has 0 aromatic carbocycles. The van der Waals surface area contributed by atoms with Gasteiger partial charge in [-0.2, -0.15) is 0 Å². The number of ether oxygens (including phenoxy) is 9. The van der Waals surface area contributed by atoms with Gasteiger partial charge in [-0.1, -0.05) is 39.3 Å². The molecule has 31 unspecified atom stereocenters. The largest absolute Gasteiger partial charge is 0.394 e. The smallest absolute Gasteiger partial charge is 0.187 e. The van der Waals surface area contributed by atoms with E-state index < -0.39 is 161 Å². The summed E-state index contributed by atoms with van der Waals surface area (Å²) < 4.78 is 53.4. The summed E-state index contributed by atoms with van der Waals surface area (Å²) in [5.41, 5.74) is 1.08. The molecule has 0 aromatic rings. The number of rotatable bonds is 16. The van der Waals surface area contributed by atoms with Crippen molar-refractivity contribution >= 4 is 0 Å². The fraction of sp³-hybridized carbons (Fsp3) is 0.961. The quantitative estimate of drug-likeness (QED) is 0.0655. The Hall–Kier alpha value is -1.22. The maximum Gasteiger partial charge on any atom is 0.187 e. The normalized spacial score (nSPS) is 54.3. The van der Waals surface area contributed by atoms with Crippen LogP contribution < -0.4 is 0 Å².